The summed E-state index contributed by atoms with van der Waals surface area (Å²) in [5, 5.41) is 18.9. The summed E-state index contributed by atoms with van der Waals surface area (Å²) in [4.78, 5) is 30.2. The Morgan fingerprint density at radius 2 is 1.91 bits per heavy atom. The lowest BCUT2D eigenvalue weighted by atomic mass is 10.0. The number of nitrogens with zero attached hydrogens (tertiary/aromatic N) is 3. The number of rotatable bonds is 7. The molecular formula is C21H17F2N5O5. The SMILES string of the molecule is CCOc1cc(-c2cc(F)c(F)c(OC(C)C(=O)O)c2)ccc1-c1nc2n[nH]nc2c(=O)[nH]1. The number of aromatic nitrogens is 5. The molecule has 3 N–H and O–H groups in total. The minimum Gasteiger partial charge on any atom is -0.493 e. The molecule has 0 fully saturated rings. The number of fused-ring (bicyclic) bond motifs is 1. The van der Waals surface area contributed by atoms with Crippen LogP contribution in [0.1, 0.15) is 13.8 Å². The zero-order valence-corrected chi connectivity index (χ0v) is 17.3. The van der Waals surface area contributed by atoms with Gasteiger partial charge in [-0.25, -0.2) is 14.2 Å². The average molecular weight is 457 g/mol. The molecule has 12 heteroatoms. The van der Waals surface area contributed by atoms with E-state index in [-0.39, 0.29) is 29.2 Å². The number of nitrogens with one attached hydrogen (secondary N) is 2. The zero-order valence-electron chi connectivity index (χ0n) is 17.3. The summed E-state index contributed by atoms with van der Waals surface area (Å²) in [7, 11) is 0. The molecule has 4 rings (SSSR count). The number of H-pyrrole nitrogens is 2. The predicted octanol–water partition coefficient (Wildman–Crippen LogP) is 2.90. The fraction of sp³-hybridized carbons (Fsp3) is 0.190. The summed E-state index contributed by atoms with van der Waals surface area (Å²) in [5.41, 5.74) is 0.765. The van der Waals surface area contributed by atoms with Crippen molar-refractivity contribution in [2.24, 2.45) is 0 Å². The molecule has 33 heavy (non-hydrogen) atoms. The van der Waals surface area contributed by atoms with Gasteiger partial charge in [0.05, 0.1) is 12.2 Å². The molecule has 4 aromatic rings. The summed E-state index contributed by atoms with van der Waals surface area (Å²) < 4.78 is 39.1. The van der Waals surface area contributed by atoms with Crippen molar-refractivity contribution in [3.05, 3.63) is 52.3 Å². The maximum atomic E-state index is 14.2. The normalized spacial score (nSPS) is 12.0. The Morgan fingerprint density at radius 1 is 1.15 bits per heavy atom. The van der Waals surface area contributed by atoms with Crippen molar-refractivity contribution in [1.82, 2.24) is 25.4 Å². The van der Waals surface area contributed by atoms with Crippen LogP contribution in [0, 0.1) is 11.6 Å². The van der Waals surface area contributed by atoms with E-state index in [2.05, 4.69) is 25.4 Å². The van der Waals surface area contributed by atoms with Crippen molar-refractivity contribution in [3.63, 3.8) is 0 Å². The molecule has 0 amide bonds. The minimum atomic E-state index is -1.38. The Kier molecular flexibility index (Phi) is 5.73. The Balaban J connectivity index is 1.80. The number of carboxylic acid groups (broad SMARTS) is 1. The molecule has 0 bridgehead atoms. The first-order valence-corrected chi connectivity index (χ1v) is 9.75. The number of hydrogen-bond donors (Lipinski definition) is 3. The fourth-order valence-electron chi connectivity index (χ4n) is 3.11. The third kappa shape index (κ3) is 4.22. The molecule has 2 aromatic carbocycles. The second kappa shape index (κ2) is 8.65. The van der Waals surface area contributed by atoms with Crippen LogP contribution in [0.2, 0.25) is 0 Å². The van der Waals surface area contributed by atoms with Gasteiger partial charge in [0.15, 0.2) is 23.2 Å². The van der Waals surface area contributed by atoms with E-state index in [4.69, 9.17) is 14.6 Å². The fourth-order valence-corrected chi connectivity index (χ4v) is 3.11. The number of carbonyl (C=O) groups is 1. The van der Waals surface area contributed by atoms with Crippen molar-refractivity contribution in [2.75, 3.05) is 6.61 Å². The first-order valence-electron chi connectivity index (χ1n) is 9.75. The van der Waals surface area contributed by atoms with E-state index in [1.54, 1.807) is 25.1 Å². The Morgan fingerprint density at radius 3 is 2.64 bits per heavy atom. The highest BCUT2D eigenvalue weighted by molar-refractivity contribution is 5.77. The zero-order chi connectivity index (χ0) is 23.7. The molecule has 170 valence electrons. The molecule has 0 spiro atoms. The lowest BCUT2D eigenvalue weighted by Gasteiger charge is -2.15. The molecule has 0 saturated heterocycles. The minimum absolute atomic E-state index is 0.0539. The average Bonchev–Trinajstić information content (AvgIpc) is 3.26. The first-order chi connectivity index (χ1) is 15.8. The lowest BCUT2D eigenvalue weighted by molar-refractivity contribution is -0.144. The van der Waals surface area contributed by atoms with Crippen molar-refractivity contribution >= 4 is 17.1 Å². The van der Waals surface area contributed by atoms with Crippen LogP contribution in [0.3, 0.4) is 0 Å². The third-order valence-electron chi connectivity index (χ3n) is 4.71. The highest BCUT2D eigenvalue weighted by Gasteiger charge is 2.20. The maximum absolute atomic E-state index is 14.2. The van der Waals surface area contributed by atoms with Crippen molar-refractivity contribution in [2.45, 2.75) is 20.0 Å². The number of ether oxygens (including phenoxy) is 2. The molecule has 0 aliphatic heterocycles. The molecule has 0 saturated carbocycles. The van der Waals surface area contributed by atoms with Gasteiger partial charge in [-0.3, -0.25) is 4.79 Å². The Hall–Kier alpha value is -4.35. The van der Waals surface area contributed by atoms with Gasteiger partial charge in [-0.1, -0.05) is 6.07 Å². The van der Waals surface area contributed by atoms with Crippen molar-refractivity contribution in [1.29, 1.82) is 0 Å². The van der Waals surface area contributed by atoms with Gasteiger partial charge in [0.2, 0.25) is 11.5 Å². The van der Waals surface area contributed by atoms with E-state index in [1.807, 2.05) is 0 Å². The standard InChI is InChI=1S/C21H17F2N5O5/c1-3-32-14-7-10(11-6-13(22)16(23)15(8-11)33-9(2)21(30)31)4-5-12(14)18-24-19-17(20(29)25-18)26-28-27-19/h4-9H,3H2,1-2H3,(H,30,31)(H2,24,25,26,27,28,29). The van der Waals surface area contributed by atoms with Gasteiger partial charge >= 0.3 is 5.97 Å². The van der Waals surface area contributed by atoms with E-state index >= 15 is 0 Å². The molecule has 2 heterocycles. The van der Waals surface area contributed by atoms with E-state index in [0.29, 0.717) is 16.9 Å². The van der Waals surface area contributed by atoms with Gasteiger partial charge in [-0.15, -0.1) is 10.2 Å². The monoisotopic (exact) mass is 457 g/mol. The van der Waals surface area contributed by atoms with Gasteiger partial charge in [0.1, 0.15) is 11.6 Å². The van der Waals surface area contributed by atoms with Crippen LogP contribution in [0.15, 0.2) is 35.1 Å². The van der Waals surface area contributed by atoms with Crippen LogP contribution >= 0.6 is 0 Å². The second-order valence-electron chi connectivity index (χ2n) is 6.92. The number of aliphatic carboxylic acids is 1. The van der Waals surface area contributed by atoms with Crippen LogP contribution in [0.25, 0.3) is 33.7 Å². The third-order valence-corrected chi connectivity index (χ3v) is 4.71. The molecule has 0 radical (unpaired) electrons. The van der Waals surface area contributed by atoms with Crippen LogP contribution in [0.5, 0.6) is 11.5 Å². The summed E-state index contributed by atoms with van der Waals surface area (Å²) in [5.74, 6) is -3.87. The Labute approximate surface area is 184 Å². The van der Waals surface area contributed by atoms with Gasteiger partial charge in [-0.2, -0.15) is 9.60 Å². The molecule has 0 aliphatic rings. The molecule has 1 atom stereocenters. The summed E-state index contributed by atoms with van der Waals surface area (Å²) in [6.45, 7) is 3.23. The molecule has 10 nitrogen and oxygen atoms in total. The molecule has 2 aromatic heterocycles. The highest BCUT2D eigenvalue weighted by Crippen LogP contribution is 2.35. The highest BCUT2D eigenvalue weighted by atomic mass is 19.2. The number of benzene rings is 2. The number of halogens is 2. The lowest BCUT2D eigenvalue weighted by Crippen LogP contribution is -2.23. The van der Waals surface area contributed by atoms with Gasteiger partial charge in [0, 0.05) is 0 Å². The van der Waals surface area contributed by atoms with Gasteiger partial charge in [0.25, 0.3) is 5.56 Å². The van der Waals surface area contributed by atoms with Crippen molar-refractivity contribution in [3.8, 4) is 34.0 Å². The number of aromatic amines is 2. The number of carboxylic acids is 1. The summed E-state index contributed by atoms with van der Waals surface area (Å²) in [6, 6.07) is 6.89. The molecular weight excluding hydrogens is 440 g/mol. The van der Waals surface area contributed by atoms with Crippen LogP contribution < -0.4 is 15.0 Å². The Bertz CT molecular complexity index is 1420. The number of hydrogen-bond acceptors (Lipinski definition) is 7. The molecule has 1 unspecified atom stereocenters. The topological polar surface area (TPSA) is 143 Å². The first kappa shape index (κ1) is 21.9. The second-order valence-corrected chi connectivity index (χ2v) is 6.92. The van der Waals surface area contributed by atoms with E-state index < -0.39 is 35.0 Å². The maximum Gasteiger partial charge on any atom is 0.344 e. The van der Waals surface area contributed by atoms with E-state index in [9.17, 15) is 18.4 Å². The van der Waals surface area contributed by atoms with E-state index in [1.165, 1.54) is 13.0 Å². The smallest absolute Gasteiger partial charge is 0.344 e. The van der Waals surface area contributed by atoms with Crippen molar-refractivity contribution < 1.29 is 28.2 Å². The summed E-state index contributed by atoms with van der Waals surface area (Å²) in [6.07, 6.45) is -1.38. The largest absolute Gasteiger partial charge is 0.493 e. The van der Waals surface area contributed by atoms with Crippen LogP contribution in [-0.4, -0.2) is 49.2 Å². The van der Waals surface area contributed by atoms with Crippen LogP contribution in [-0.2, 0) is 4.79 Å². The van der Waals surface area contributed by atoms with Crippen LogP contribution in [0.4, 0.5) is 8.78 Å². The summed E-state index contributed by atoms with van der Waals surface area (Å²) >= 11 is 0. The van der Waals surface area contributed by atoms with Gasteiger partial charge in [-0.05, 0) is 49.2 Å². The van der Waals surface area contributed by atoms with Gasteiger partial charge < -0.3 is 19.6 Å². The molecule has 0 aliphatic carbocycles. The predicted molar refractivity (Wildman–Crippen MR) is 112 cm³/mol. The quantitative estimate of drug-likeness (QED) is 0.384. The van der Waals surface area contributed by atoms with E-state index in [0.717, 1.165) is 6.07 Å².